The Morgan fingerprint density at radius 3 is 1.32 bits per heavy atom. The normalized spacial score (nSPS) is 9.36. The molecular weight excluding hydrogens is 344 g/mol. The second-order valence-electron chi connectivity index (χ2n) is 5.39. The molecule has 0 spiro atoms. The van der Waals surface area contributed by atoms with Gasteiger partial charge in [0.2, 0.25) is 0 Å². The molecule has 0 heterocycles. The van der Waals surface area contributed by atoms with Crippen LogP contribution in [0.2, 0.25) is 0 Å². The van der Waals surface area contributed by atoms with E-state index in [2.05, 4.69) is 0 Å². The van der Waals surface area contributed by atoms with Crippen LogP contribution in [0, 0.1) is 0 Å². The number of carbonyl (C=O) groups is 2. The number of aromatic carboxylic acids is 2. The van der Waals surface area contributed by atoms with Gasteiger partial charge >= 0.3 is 37.7 Å². The minimum atomic E-state index is -1.08. The second kappa shape index (κ2) is 12.9. The Bertz CT molecular complexity index is 623. The molecule has 0 saturated heterocycles. The fraction of sp³-hybridized carbons (Fsp3) is 0.300. The van der Waals surface area contributed by atoms with E-state index in [1.54, 1.807) is 24.3 Å². The fourth-order valence-corrected chi connectivity index (χ4v) is 2.41. The molecular formula is C20H22CaO4. The summed E-state index contributed by atoms with van der Waals surface area (Å²) >= 11 is 0. The zero-order valence-electron chi connectivity index (χ0n) is 14.8. The molecule has 0 N–H and O–H groups in total. The van der Waals surface area contributed by atoms with Crippen molar-refractivity contribution in [1.82, 2.24) is 0 Å². The van der Waals surface area contributed by atoms with Gasteiger partial charge in [0.1, 0.15) is 0 Å². The van der Waals surface area contributed by atoms with Gasteiger partial charge in [0.05, 0.1) is 11.9 Å². The van der Waals surface area contributed by atoms with Crippen molar-refractivity contribution in [3.8, 4) is 0 Å². The molecule has 4 nitrogen and oxygen atoms in total. The van der Waals surface area contributed by atoms with Crippen LogP contribution in [-0.4, -0.2) is 49.7 Å². The average molecular weight is 366 g/mol. The molecule has 2 rings (SSSR count). The van der Waals surface area contributed by atoms with Gasteiger partial charge in [0, 0.05) is 11.1 Å². The van der Waals surface area contributed by atoms with E-state index in [4.69, 9.17) is 0 Å². The number of carbonyl (C=O) groups excluding carboxylic acids is 2. The van der Waals surface area contributed by atoms with Crippen molar-refractivity contribution in [2.75, 3.05) is 0 Å². The molecule has 0 unspecified atom stereocenters. The summed E-state index contributed by atoms with van der Waals surface area (Å²) in [6.07, 6.45) is 3.49. The number of rotatable bonds is 6. The minimum Gasteiger partial charge on any atom is -0.545 e. The Balaban J connectivity index is 0.000000443. The van der Waals surface area contributed by atoms with Gasteiger partial charge in [0.15, 0.2) is 0 Å². The maximum Gasteiger partial charge on any atom is 2.00 e. The van der Waals surface area contributed by atoms with Crippen molar-refractivity contribution < 1.29 is 19.8 Å². The molecule has 0 radical (unpaired) electrons. The van der Waals surface area contributed by atoms with Crippen LogP contribution in [0.3, 0.4) is 0 Å². The Morgan fingerprint density at radius 1 is 0.720 bits per heavy atom. The fourth-order valence-electron chi connectivity index (χ4n) is 2.41. The molecule has 0 aliphatic heterocycles. The predicted octanol–water partition coefficient (Wildman–Crippen LogP) is 1.62. The number of hydrogen-bond acceptors (Lipinski definition) is 4. The Morgan fingerprint density at radius 2 is 1.04 bits per heavy atom. The van der Waals surface area contributed by atoms with Crippen molar-refractivity contribution in [3.05, 3.63) is 70.8 Å². The molecule has 0 aromatic heterocycles. The topological polar surface area (TPSA) is 80.3 Å². The van der Waals surface area contributed by atoms with Crippen molar-refractivity contribution in [2.24, 2.45) is 0 Å². The van der Waals surface area contributed by atoms with Gasteiger partial charge in [0.25, 0.3) is 0 Å². The smallest absolute Gasteiger partial charge is 0.545 e. The van der Waals surface area contributed by atoms with Crippen LogP contribution in [-0.2, 0) is 12.8 Å². The summed E-state index contributed by atoms with van der Waals surface area (Å²) in [7, 11) is 0. The summed E-state index contributed by atoms with van der Waals surface area (Å²) in [5.74, 6) is -2.17. The molecule has 2 aromatic carbocycles. The largest absolute Gasteiger partial charge is 2.00 e. The van der Waals surface area contributed by atoms with Gasteiger partial charge in [-0.15, -0.1) is 0 Å². The van der Waals surface area contributed by atoms with Crippen LogP contribution < -0.4 is 10.2 Å². The van der Waals surface area contributed by atoms with Gasteiger partial charge in [-0.1, -0.05) is 75.2 Å². The summed E-state index contributed by atoms with van der Waals surface area (Å²) in [5, 5.41) is 21.2. The number of carboxylic acids is 2. The number of benzene rings is 2. The van der Waals surface area contributed by atoms with Crippen LogP contribution in [0.1, 0.15) is 58.5 Å². The van der Waals surface area contributed by atoms with Gasteiger partial charge in [-0.3, -0.25) is 0 Å². The maximum absolute atomic E-state index is 10.6. The predicted molar refractivity (Wildman–Crippen MR) is 95.3 cm³/mol. The van der Waals surface area contributed by atoms with Crippen LogP contribution >= 0.6 is 0 Å². The van der Waals surface area contributed by atoms with Gasteiger partial charge < -0.3 is 19.8 Å². The van der Waals surface area contributed by atoms with Crippen LogP contribution in [0.4, 0.5) is 0 Å². The zero-order chi connectivity index (χ0) is 17.9. The first kappa shape index (κ1) is 23.6. The van der Waals surface area contributed by atoms with Crippen LogP contribution in [0.25, 0.3) is 0 Å². The number of carboxylic acid groups (broad SMARTS) is 2. The Hall–Kier alpha value is -1.36. The third-order valence-corrected chi connectivity index (χ3v) is 3.51. The molecule has 128 valence electrons. The van der Waals surface area contributed by atoms with Gasteiger partial charge in [-0.05, 0) is 24.0 Å². The molecule has 0 amide bonds. The van der Waals surface area contributed by atoms with Crippen molar-refractivity contribution in [1.29, 1.82) is 0 Å². The van der Waals surface area contributed by atoms with E-state index in [-0.39, 0.29) is 37.7 Å². The second-order valence-corrected chi connectivity index (χ2v) is 5.39. The maximum atomic E-state index is 10.6. The number of hydrogen-bond donors (Lipinski definition) is 0. The third-order valence-electron chi connectivity index (χ3n) is 3.51. The summed E-state index contributed by atoms with van der Waals surface area (Å²) in [6, 6.07) is 13.9. The summed E-state index contributed by atoms with van der Waals surface area (Å²) in [4.78, 5) is 21.2. The Labute approximate surface area is 178 Å². The van der Waals surface area contributed by atoms with Crippen molar-refractivity contribution in [2.45, 2.75) is 39.5 Å². The van der Waals surface area contributed by atoms with Crippen molar-refractivity contribution in [3.63, 3.8) is 0 Å². The first-order chi connectivity index (χ1) is 11.5. The zero-order valence-corrected chi connectivity index (χ0v) is 17.0. The van der Waals surface area contributed by atoms with Gasteiger partial charge in [-0.25, -0.2) is 0 Å². The van der Waals surface area contributed by atoms with Crippen LogP contribution in [0.15, 0.2) is 48.5 Å². The summed E-state index contributed by atoms with van der Waals surface area (Å²) < 4.78 is 0. The third kappa shape index (κ3) is 8.04. The van der Waals surface area contributed by atoms with E-state index in [0.717, 1.165) is 36.8 Å². The minimum absolute atomic E-state index is 0. The van der Waals surface area contributed by atoms with E-state index in [1.165, 1.54) is 0 Å². The monoisotopic (exact) mass is 366 g/mol. The number of aryl methyl sites for hydroxylation is 2. The first-order valence-electron chi connectivity index (χ1n) is 8.09. The van der Waals surface area contributed by atoms with E-state index in [1.807, 2.05) is 38.1 Å². The molecule has 0 fully saturated rings. The molecule has 0 aliphatic carbocycles. The van der Waals surface area contributed by atoms with Gasteiger partial charge in [-0.2, -0.15) is 0 Å². The molecule has 0 aliphatic rings. The SMILES string of the molecule is CCCc1ccccc1C(=O)[O-].CCCc1ccccc1C(=O)[O-].[Ca+2]. The Kier molecular flexibility index (Phi) is 12.2. The van der Waals surface area contributed by atoms with E-state index in [0.29, 0.717) is 11.1 Å². The average Bonchev–Trinajstić information content (AvgIpc) is 2.57. The molecule has 25 heavy (non-hydrogen) atoms. The van der Waals surface area contributed by atoms with Crippen molar-refractivity contribution >= 4 is 49.7 Å². The molecule has 0 bridgehead atoms. The first-order valence-corrected chi connectivity index (χ1v) is 8.09. The summed E-state index contributed by atoms with van der Waals surface area (Å²) in [6.45, 7) is 4.04. The van der Waals surface area contributed by atoms with E-state index in [9.17, 15) is 19.8 Å². The molecule has 2 aromatic rings. The van der Waals surface area contributed by atoms with E-state index < -0.39 is 11.9 Å². The van der Waals surface area contributed by atoms with Crippen LogP contribution in [0.5, 0.6) is 0 Å². The molecule has 0 atom stereocenters. The summed E-state index contributed by atoms with van der Waals surface area (Å²) in [5.41, 5.74) is 2.36. The molecule has 0 saturated carbocycles. The molecule has 5 heteroatoms. The quantitative estimate of drug-likeness (QED) is 0.728. The van der Waals surface area contributed by atoms with E-state index >= 15 is 0 Å². The standard InChI is InChI=1S/2C10H12O2.Ca/c2*1-2-5-8-6-3-4-7-9(8)10(11)12;/h2*3-4,6-7H,2,5H2,1H3,(H,11,12);/q;;+2/p-2.